The van der Waals surface area contributed by atoms with E-state index in [-0.39, 0.29) is 30.3 Å². The highest BCUT2D eigenvalue weighted by molar-refractivity contribution is 7.88. The van der Waals surface area contributed by atoms with Gasteiger partial charge in [-0.1, -0.05) is 24.3 Å². The standard InChI is InChI=1S/C38H51N7O5S/c1-26-21-27(23-32-25-39-41-36(26)32)22-31(37(47)43-14-7-28(8-15-43)29-9-18-44(19-10-29)51(2,49)50)24-35(46)42-16-12-33(13-17-42)45-20-11-30-5-3-4-6-34(30)40-38(45)48/h3-6,21,23,25,28-29,31,33H,7-20,22,24H2,1-2H3,(H,39,41)(H,40,48). The molecule has 13 heteroatoms. The average molecular weight is 718 g/mol. The quantitative estimate of drug-likeness (QED) is 0.354. The molecule has 3 saturated heterocycles. The fraction of sp³-hybridized carbons (Fsp3) is 0.579. The van der Waals surface area contributed by atoms with Gasteiger partial charge in [-0.05, 0) is 98.9 Å². The average Bonchev–Trinajstić information content (AvgIpc) is 3.54. The van der Waals surface area contributed by atoms with Crippen LogP contribution in [0.5, 0.6) is 0 Å². The molecule has 0 spiro atoms. The number of nitrogens with zero attached hydrogens (tertiary/aromatic N) is 5. The van der Waals surface area contributed by atoms with Gasteiger partial charge in [0, 0.05) is 69.3 Å². The Morgan fingerprint density at radius 2 is 1.57 bits per heavy atom. The zero-order chi connectivity index (χ0) is 35.7. The Morgan fingerprint density at radius 3 is 2.27 bits per heavy atom. The Balaban J connectivity index is 0.985. The van der Waals surface area contributed by atoms with Crippen LogP contribution in [0.15, 0.2) is 42.6 Å². The lowest BCUT2D eigenvalue weighted by atomic mass is 9.79. The number of amides is 4. The summed E-state index contributed by atoms with van der Waals surface area (Å²) < 4.78 is 25.6. The van der Waals surface area contributed by atoms with Gasteiger partial charge < -0.3 is 20.0 Å². The Morgan fingerprint density at radius 1 is 0.902 bits per heavy atom. The Labute approximate surface area is 301 Å². The van der Waals surface area contributed by atoms with Crippen LogP contribution in [0.2, 0.25) is 0 Å². The molecule has 0 aliphatic carbocycles. The summed E-state index contributed by atoms with van der Waals surface area (Å²) in [5.41, 5.74) is 5.06. The van der Waals surface area contributed by atoms with Crippen molar-refractivity contribution >= 4 is 44.5 Å². The van der Waals surface area contributed by atoms with E-state index < -0.39 is 15.9 Å². The maximum atomic E-state index is 14.3. The Hall–Kier alpha value is -3.97. The van der Waals surface area contributed by atoms with Gasteiger partial charge in [-0.3, -0.25) is 14.7 Å². The van der Waals surface area contributed by atoms with Crippen molar-refractivity contribution in [2.75, 3.05) is 57.4 Å². The van der Waals surface area contributed by atoms with E-state index in [0.717, 1.165) is 65.4 Å². The molecule has 2 N–H and O–H groups in total. The number of carbonyl (C=O) groups excluding carboxylic acids is 3. The van der Waals surface area contributed by atoms with E-state index in [0.29, 0.717) is 76.9 Å². The number of anilines is 1. The smallest absolute Gasteiger partial charge is 0.322 e. The number of hydrogen-bond acceptors (Lipinski definition) is 6. The molecular weight excluding hydrogens is 667 g/mol. The predicted octanol–water partition coefficient (Wildman–Crippen LogP) is 4.41. The lowest BCUT2D eigenvalue weighted by molar-refractivity contribution is -0.143. The molecular formula is C38H51N7O5S. The van der Waals surface area contributed by atoms with Crippen LogP contribution < -0.4 is 5.32 Å². The summed E-state index contributed by atoms with van der Waals surface area (Å²) in [6.07, 6.45) is 9.45. The fourth-order valence-electron chi connectivity index (χ4n) is 8.99. The normalized spacial score (nSPS) is 21.0. The van der Waals surface area contributed by atoms with Gasteiger partial charge in [-0.25, -0.2) is 17.5 Å². The number of H-pyrrole nitrogens is 1. The van der Waals surface area contributed by atoms with Gasteiger partial charge in [-0.2, -0.15) is 5.10 Å². The lowest BCUT2D eigenvalue weighted by Crippen LogP contribution is -2.50. The number of urea groups is 1. The van der Waals surface area contributed by atoms with E-state index in [1.807, 2.05) is 39.8 Å². The largest absolute Gasteiger partial charge is 0.343 e. The summed E-state index contributed by atoms with van der Waals surface area (Å²) in [7, 11) is -3.16. The van der Waals surface area contributed by atoms with Crippen molar-refractivity contribution in [1.82, 2.24) is 29.2 Å². The van der Waals surface area contributed by atoms with Gasteiger partial charge in [0.05, 0.1) is 23.9 Å². The zero-order valence-corrected chi connectivity index (χ0v) is 30.7. The predicted molar refractivity (Wildman–Crippen MR) is 197 cm³/mol. The number of piperidine rings is 3. The van der Waals surface area contributed by atoms with Gasteiger partial charge in [0.15, 0.2) is 0 Å². The minimum absolute atomic E-state index is 0.00634. The van der Waals surface area contributed by atoms with Crippen LogP contribution in [0, 0.1) is 24.7 Å². The fourth-order valence-corrected chi connectivity index (χ4v) is 9.87. The first-order valence-electron chi connectivity index (χ1n) is 18.6. The van der Waals surface area contributed by atoms with E-state index in [4.69, 9.17) is 0 Å². The number of rotatable bonds is 8. The molecule has 4 aliphatic heterocycles. The highest BCUT2D eigenvalue weighted by Gasteiger charge is 2.37. The number of nitrogens with one attached hydrogen (secondary N) is 2. The third-order valence-corrected chi connectivity index (χ3v) is 13.2. The summed E-state index contributed by atoms with van der Waals surface area (Å²) in [6, 6.07) is 12.1. The molecule has 4 aliphatic rings. The number of para-hydroxylation sites is 1. The molecule has 51 heavy (non-hydrogen) atoms. The second kappa shape index (κ2) is 14.9. The number of aromatic amines is 1. The van der Waals surface area contributed by atoms with Crippen LogP contribution in [-0.2, 0) is 32.5 Å². The van der Waals surface area contributed by atoms with Gasteiger partial charge in [0.2, 0.25) is 21.8 Å². The molecule has 0 saturated carbocycles. The summed E-state index contributed by atoms with van der Waals surface area (Å²) in [6.45, 7) is 6.27. The SMILES string of the molecule is Cc1cc(CC(CC(=O)N2CCC(N3CCc4ccccc4NC3=O)CC2)C(=O)N2CCC(C3CCN(S(C)(=O)=O)CC3)CC2)cc2cn[nH]c12. The van der Waals surface area contributed by atoms with Crippen LogP contribution in [0.1, 0.15) is 61.6 Å². The van der Waals surface area contributed by atoms with E-state index in [1.165, 1.54) is 6.26 Å². The second-order valence-electron chi connectivity index (χ2n) is 15.2. The van der Waals surface area contributed by atoms with Crippen LogP contribution in [0.25, 0.3) is 10.9 Å². The van der Waals surface area contributed by atoms with Gasteiger partial charge >= 0.3 is 6.03 Å². The van der Waals surface area contributed by atoms with Crippen molar-refractivity contribution in [3.05, 3.63) is 59.3 Å². The highest BCUT2D eigenvalue weighted by Crippen LogP contribution is 2.34. The number of likely N-dealkylation sites (tertiary alicyclic amines) is 2. The third kappa shape index (κ3) is 7.94. The molecule has 0 bridgehead atoms. The van der Waals surface area contributed by atoms with Gasteiger partial charge in [0.1, 0.15) is 0 Å². The monoisotopic (exact) mass is 717 g/mol. The topological polar surface area (TPSA) is 139 Å². The van der Waals surface area contributed by atoms with Crippen molar-refractivity contribution in [3.8, 4) is 0 Å². The van der Waals surface area contributed by atoms with E-state index in [2.05, 4.69) is 33.7 Å². The van der Waals surface area contributed by atoms with Crippen molar-refractivity contribution in [3.63, 3.8) is 0 Å². The molecule has 2 aromatic carbocycles. The van der Waals surface area contributed by atoms with E-state index in [1.54, 1.807) is 10.5 Å². The number of benzene rings is 2. The molecule has 1 atom stereocenters. The van der Waals surface area contributed by atoms with Crippen molar-refractivity contribution in [2.45, 2.75) is 70.8 Å². The molecule has 5 heterocycles. The van der Waals surface area contributed by atoms with Crippen LogP contribution >= 0.6 is 0 Å². The maximum absolute atomic E-state index is 14.3. The van der Waals surface area contributed by atoms with Crippen molar-refractivity contribution < 1.29 is 22.8 Å². The number of aryl methyl sites for hydroxylation is 1. The van der Waals surface area contributed by atoms with E-state index in [9.17, 15) is 22.8 Å². The molecule has 1 unspecified atom stereocenters. The molecule has 12 nitrogen and oxygen atoms in total. The summed E-state index contributed by atoms with van der Waals surface area (Å²) in [5.74, 6) is 0.496. The lowest BCUT2D eigenvalue weighted by Gasteiger charge is -2.40. The third-order valence-electron chi connectivity index (χ3n) is 11.9. The molecule has 7 rings (SSSR count). The number of aromatic nitrogens is 2. The molecule has 0 radical (unpaired) electrons. The van der Waals surface area contributed by atoms with Crippen LogP contribution in [-0.4, -0.2) is 114 Å². The first kappa shape index (κ1) is 35.4. The minimum atomic E-state index is -3.16. The summed E-state index contributed by atoms with van der Waals surface area (Å²) in [4.78, 5) is 47.2. The van der Waals surface area contributed by atoms with Crippen molar-refractivity contribution in [1.29, 1.82) is 0 Å². The Bertz CT molecular complexity index is 1850. The van der Waals surface area contributed by atoms with Crippen molar-refractivity contribution in [2.24, 2.45) is 17.8 Å². The number of sulfonamides is 1. The number of fused-ring (bicyclic) bond motifs is 2. The maximum Gasteiger partial charge on any atom is 0.322 e. The minimum Gasteiger partial charge on any atom is -0.343 e. The summed E-state index contributed by atoms with van der Waals surface area (Å²) >= 11 is 0. The molecule has 3 fully saturated rings. The van der Waals surface area contributed by atoms with Gasteiger partial charge in [-0.15, -0.1) is 0 Å². The number of hydrogen-bond donors (Lipinski definition) is 2. The number of carbonyl (C=O) groups is 3. The van der Waals surface area contributed by atoms with Crippen LogP contribution in [0.3, 0.4) is 0 Å². The molecule has 1 aromatic heterocycles. The van der Waals surface area contributed by atoms with Crippen LogP contribution in [0.4, 0.5) is 10.5 Å². The first-order valence-corrected chi connectivity index (χ1v) is 20.5. The molecule has 4 amide bonds. The molecule has 3 aromatic rings. The van der Waals surface area contributed by atoms with E-state index >= 15 is 0 Å². The highest BCUT2D eigenvalue weighted by atomic mass is 32.2. The second-order valence-corrected chi connectivity index (χ2v) is 17.1. The first-order chi connectivity index (χ1) is 24.5. The molecule has 274 valence electrons. The zero-order valence-electron chi connectivity index (χ0n) is 29.9. The summed E-state index contributed by atoms with van der Waals surface area (Å²) in [5, 5.41) is 11.3. The van der Waals surface area contributed by atoms with Gasteiger partial charge in [0.25, 0.3) is 0 Å². The Kier molecular flexibility index (Phi) is 10.4.